The van der Waals surface area contributed by atoms with Gasteiger partial charge in [-0.15, -0.1) is 24.0 Å². The van der Waals surface area contributed by atoms with Gasteiger partial charge >= 0.3 is 0 Å². The number of hydrogen-bond acceptors (Lipinski definition) is 3. The summed E-state index contributed by atoms with van der Waals surface area (Å²) in [6.07, 6.45) is 2.06. The number of thioether (sulfide) groups is 1. The normalized spacial score (nSPS) is 10.9. The highest BCUT2D eigenvalue weighted by Crippen LogP contribution is 1.88. The van der Waals surface area contributed by atoms with Crippen LogP contribution in [0.15, 0.2) is 4.99 Å². The Morgan fingerprint density at radius 1 is 1.39 bits per heavy atom. The van der Waals surface area contributed by atoms with Crippen LogP contribution in [0.2, 0.25) is 0 Å². The summed E-state index contributed by atoms with van der Waals surface area (Å²) in [5.41, 5.74) is 0. The number of nitrogens with one attached hydrogen (secondary N) is 2. The lowest BCUT2D eigenvalue weighted by molar-refractivity contribution is -0.127. The van der Waals surface area contributed by atoms with Crippen LogP contribution in [0.4, 0.5) is 0 Å². The van der Waals surface area contributed by atoms with Crippen molar-refractivity contribution in [3.63, 3.8) is 0 Å². The summed E-state index contributed by atoms with van der Waals surface area (Å²) < 4.78 is 0. The Morgan fingerprint density at radius 3 is 2.44 bits per heavy atom. The first kappa shape index (κ1) is 20.1. The van der Waals surface area contributed by atoms with Crippen molar-refractivity contribution in [1.82, 2.24) is 15.5 Å². The van der Waals surface area contributed by atoms with E-state index in [-0.39, 0.29) is 36.4 Å². The van der Waals surface area contributed by atoms with E-state index in [4.69, 9.17) is 0 Å². The van der Waals surface area contributed by atoms with Crippen molar-refractivity contribution in [2.75, 3.05) is 39.2 Å². The Morgan fingerprint density at radius 2 is 2.00 bits per heavy atom. The van der Waals surface area contributed by atoms with E-state index in [0.717, 1.165) is 12.3 Å². The highest BCUT2D eigenvalue weighted by Gasteiger charge is 2.04. The van der Waals surface area contributed by atoms with E-state index >= 15 is 0 Å². The molecule has 2 N–H and O–H groups in total. The number of halogens is 1. The molecule has 0 aromatic rings. The molecule has 108 valence electrons. The first-order valence-electron chi connectivity index (χ1n) is 5.71. The number of aliphatic imine (C=N–C) groups is 1. The van der Waals surface area contributed by atoms with Crippen LogP contribution in [0.25, 0.3) is 0 Å². The molecule has 0 bridgehead atoms. The highest BCUT2D eigenvalue weighted by molar-refractivity contribution is 14.0. The zero-order chi connectivity index (χ0) is 13.3. The van der Waals surface area contributed by atoms with E-state index in [1.54, 1.807) is 30.8 Å². The Kier molecular flexibility index (Phi) is 13.3. The fraction of sp³-hybridized carbons (Fsp3) is 0.818. The van der Waals surface area contributed by atoms with Gasteiger partial charge in [-0.1, -0.05) is 0 Å². The number of hydrogen-bond donors (Lipinski definition) is 2. The van der Waals surface area contributed by atoms with Gasteiger partial charge in [0.2, 0.25) is 5.91 Å². The van der Waals surface area contributed by atoms with Gasteiger partial charge in [-0.25, -0.2) is 4.99 Å². The minimum absolute atomic E-state index is 0. The topological polar surface area (TPSA) is 56.7 Å². The summed E-state index contributed by atoms with van der Waals surface area (Å²) in [6.45, 7) is 5.10. The smallest absolute Gasteiger partial charge is 0.243 e. The van der Waals surface area contributed by atoms with Gasteiger partial charge in [0.15, 0.2) is 5.96 Å². The average Bonchev–Trinajstić information content (AvgIpc) is 2.24. The van der Waals surface area contributed by atoms with E-state index in [0.29, 0.717) is 12.0 Å². The number of carbonyl (C=O) groups is 1. The molecule has 0 rings (SSSR count). The first-order chi connectivity index (χ1) is 7.97. The third-order valence-electron chi connectivity index (χ3n) is 1.90. The molecule has 0 spiro atoms. The molecule has 1 amide bonds. The predicted molar refractivity (Wildman–Crippen MR) is 91.1 cm³/mol. The second kappa shape index (κ2) is 11.9. The molecule has 0 radical (unpaired) electrons. The fourth-order valence-corrected chi connectivity index (χ4v) is 1.29. The molecule has 0 aliphatic rings. The molecular formula is C11H25IN4OS. The Balaban J connectivity index is 0. The molecule has 0 aliphatic carbocycles. The molecule has 0 heterocycles. The summed E-state index contributed by atoms with van der Waals surface area (Å²) in [6, 6.07) is 0.296. The van der Waals surface area contributed by atoms with Crippen LogP contribution in [0.3, 0.4) is 0 Å². The summed E-state index contributed by atoms with van der Waals surface area (Å²) >= 11 is 1.77. The summed E-state index contributed by atoms with van der Waals surface area (Å²) in [5, 5.41) is 6.39. The molecule has 0 atom stereocenters. The van der Waals surface area contributed by atoms with E-state index in [2.05, 4.69) is 21.9 Å². The molecule has 18 heavy (non-hydrogen) atoms. The standard InChI is InChI=1S/C11H24N4OS.HI/c1-9(2)14-11(12-6-7-17-5)13-8-10(16)15(3)4;/h9H,6-8H2,1-5H3,(H2,12,13,14);1H. The number of likely N-dealkylation sites (N-methyl/N-ethyl adjacent to an activating group) is 1. The fourth-order valence-electron chi connectivity index (χ4n) is 0.986. The molecule has 0 aliphatic heterocycles. The van der Waals surface area contributed by atoms with E-state index in [1.807, 2.05) is 13.8 Å². The van der Waals surface area contributed by atoms with Gasteiger partial charge in [0.1, 0.15) is 6.54 Å². The maximum absolute atomic E-state index is 11.4. The van der Waals surface area contributed by atoms with Gasteiger partial charge < -0.3 is 15.5 Å². The quantitative estimate of drug-likeness (QED) is 0.309. The zero-order valence-corrected chi connectivity index (χ0v) is 15.0. The molecule has 0 saturated heterocycles. The molecule has 0 aromatic heterocycles. The van der Waals surface area contributed by atoms with Crippen LogP contribution in [0.5, 0.6) is 0 Å². The number of guanidine groups is 1. The van der Waals surface area contributed by atoms with E-state index in [9.17, 15) is 4.79 Å². The van der Waals surface area contributed by atoms with Crippen LogP contribution < -0.4 is 10.6 Å². The maximum Gasteiger partial charge on any atom is 0.243 e. The van der Waals surface area contributed by atoms with E-state index < -0.39 is 0 Å². The van der Waals surface area contributed by atoms with Crippen LogP contribution in [0, 0.1) is 0 Å². The average molecular weight is 388 g/mol. The van der Waals surface area contributed by atoms with Crippen molar-refractivity contribution in [3.05, 3.63) is 0 Å². The maximum atomic E-state index is 11.4. The Bertz CT molecular complexity index is 259. The molecular weight excluding hydrogens is 363 g/mol. The molecule has 0 aromatic carbocycles. The third-order valence-corrected chi connectivity index (χ3v) is 2.51. The van der Waals surface area contributed by atoms with Gasteiger partial charge in [-0.05, 0) is 20.1 Å². The van der Waals surface area contributed by atoms with Crippen LogP contribution in [0.1, 0.15) is 13.8 Å². The van der Waals surface area contributed by atoms with Crippen molar-refractivity contribution in [1.29, 1.82) is 0 Å². The minimum Gasteiger partial charge on any atom is -0.356 e. The number of carbonyl (C=O) groups excluding carboxylic acids is 1. The van der Waals surface area contributed by atoms with Gasteiger partial charge in [0, 0.05) is 32.4 Å². The summed E-state index contributed by atoms with van der Waals surface area (Å²) in [7, 11) is 3.46. The molecule has 0 saturated carbocycles. The number of rotatable bonds is 6. The zero-order valence-electron chi connectivity index (χ0n) is 11.8. The lowest BCUT2D eigenvalue weighted by atomic mass is 10.4. The molecule has 7 heteroatoms. The Hall–Kier alpha value is -0.180. The second-order valence-electron chi connectivity index (χ2n) is 4.17. The van der Waals surface area contributed by atoms with Gasteiger partial charge in [0.25, 0.3) is 0 Å². The van der Waals surface area contributed by atoms with Crippen molar-refractivity contribution < 1.29 is 4.79 Å². The van der Waals surface area contributed by atoms with Crippen molar-refractivity contribution in [3.8, 4) is 0 Å². The van der Waals surface area contributed by atoms with Crippen molar-refractivity contribution in [2.45, 2.75) is 19.9 Å². The predicted octanol–water partition coefficient (Wildman–Crippen LogP) is 0.999. The lowest BCUT2D eigenvalue weighted by Crippen LogP contribution is -2.42. The minimum atomic E-state index is -0.000257. The first-order valence-corrected chi connectivity index (χ1v) is 7.10. The van der Waals surface area contributed by atoms with Crippen LogP contribution in [-0.2, 0) is 4.79 Å². The van der Waals surface area contributed by atoms with E-state index in [1.165, 1.54) is 0 Å². The highest BCUT2D eigenvalue weighted by atomic mass is 127. The summed E-state index contributed by atoms with van der Waals surface area (Å²) in [5.74, 6) is 1.71. The monoisotopic (exact) mass is 388 g/mol. The van der Waals surface area contributed by atoms with Crippen molar-refractivity contribution in [2.24, 2.45) is 4.99 Å². The van der Waals surface area contributed by atoms with Gasteiger partial charge in [-0.3, -0.25) is 4.79 Å². The van der Waals surface area contributed by atoms with Gasteiger partial charge in [-0.2, -0.15) is 11.8 Å². The van der Waals surface area contributed by atoms with Gasteiger partial charge in [0.05, 0.1) is 0 Å². The van der Waals surface area contributed by atoms with Crippen LogP contribution in [-0.4, -0.2) is 62.0 Å². The van der Waals surface area contributed by atoms with Crippen LogP contribution >= 0.6 is 35.7 Å². The van der Waals surface area contributed by atoms with Crippen molar-refractivity contribution >= 4 is 47.6 Å². The molecule has 5 nitrogen and oxygen atoms in total. The molecule has 0 fully saturated rings. The number of amides is 1. The molecule has 0 unspecified atom stereocenters. The second-order valence-corrected chi connectivity index (χ2v) is 5.16. The largest absolute Gasteiger partial charge is 0.356 e. The summed E-state index contributed by atoms with van der Waals surface area (Å²) in [4.78, 5) is 17.2. The third kappa shape index (κ3) is 10.9. The number of nitrogens with zero attached hydrogens (tertiary/aromatic N) is 2. The Labute approximate surface area is 132 Å². The SMILES string of the molecule is CSCCNC(=NCC(=O)N(C)C)NC(C)C.I. The lowest BCUT2D eigenvalue weighted by Gasteiger charge is -2.15.